The number of nitrogens with zero attached hydrogens (tertiary/aromatic N) is 6. The number of pyridine rings is 1. The maximum absolute atomic E-state index is 13.8. The van der Waals surface area contributed by atoms with Crippen LogP contribution in [0.1, 0.15) is 34.4 Å². The average Bonchev–Trinajstić information content (AvgIpc) is 3.37. The Morgan fingerprint density at radius 3 is 2.47 bits per heavy atom. The second kappa shape index (κ2) is 7.01. The van der Waals surface area contributed by atoms with Crippen molar-refractivity contribution in [2.75, 3.05) is 6.61 Å². The van der Waals surface area contributed by atoms with Crippen LogP contribution in [0.15, 0.2) is 36.5 Å². The van der Waals surface area contributed by atoms with Crippen molar-refractivity contribution >= 4 is 11.6 Å². The summed E-state index contributed by atoms with van der Waals surface area (Å²) in [5.41, 5.74) is 0.183. The van der Waals surface area contributed by atoms with E-state index in [1.54, 1.807) is 16.7 Å². The molecule has 4 heterocycles. The highest BCUT2D eigenvalue weighted by atomic mass is 19.4. The van der Waals surface area contributed by atoms with Crippen LogP contribution < -0.4 is 0 Å². The number of ether oxygens (including phenoxy) is 1. The standard InChI is InChI=1S/C19H17F3N6O2/c1-4-30-17(29)13-10-23-28(16(13)19(20,21)22)15-7-5-6-14-24-18(25-27(14)15)26-11(2)8-9-12(26)3/h5-10H,4H2,1-3H3. The van der Waals surface area contributed by atoms with Crippen molar-refractivity contribution in [3.05, 3.63) is 59.2 Å². The smallest absolute Gasteiger partial charge is 0.434 e. The first-order valence-corrected chi connectivity index (χ1v) is 9.06. The van der Waals surface area contributed by atoms with Gasteiger partial charge in [0.15, 0.2) is 17.2 Å². The van der Waals surface area contributed by atoms with Gasteiger partial charge < -0.3 is 4.74 Å². The summed E-state index contributed by atoms with van der Waals surface area (Å²) < 4.78 is 50.0. The zero-order chi connectivity index (χ0) is 21.6. The highest BCUT2D eigenvalue weighted by Gasteiger charge is 2.41. The van der Waals surface area contributed by atoms with Crippen molar-refractivity contribution in [3.8, 4) is 11.8 Å². The van der Waals surface area contributed by atoms with Crippen LogP contribution in [0, 0.1) is 13.8 Å². The summed E-state index contributed by atoms with van der Waals surface area (Å²) in [7, 11) is 0. The van der Waals surface area contributed by atoms with Gasteiger partial charge in [-0.2, -0.15) is 27.8 Å². The maximum Gasteiger partial charge on any atom is 0.434 e. The first-order valence-electron chi connectivity index (χ1n) is 9.06. The van der Waals surface area contributed by atoms with Crippen LogP contribution in [0.3, 0.4) is 0 Å². The minimum absolute atomic E-state index is 0.0171. The topological polar surface area (TPSA) is 79.2 Å². The minimum atomic E-state index is -4.85. The predicted octanol–water partition coefficient (Wildman–Crippen LogP) is 3.52. The van der Waals surface area contributed by atoms with Crippen LogP contribution in [-0.4, -0.2) is 41.5 Å². The molecule has 0 unspecified atom stereocenters. The molecule has 0 aromatic carbocycles. The quantitative estimate of drug-likeness (QED) is 0.474. The molecule has 0 aliphatic heterocycles. The van der Waals surface area contributed by atoms with Gasteiger partial charge in [-0.3, -0.25) is 4.57 Å². The average molecular weight is 418 g/mol. The third kappa shape index (κ3) is 3.11. The number of fused-ring (bicyclic) bond motifs is 1. The van der Waals surface area contributed by atoms with Gasteiger partial charge in [0, 0.05) is 11.4 Å². The molecule has 4 aromatic rings. The predicted molar refractivity (Wildman–Crippen MR) is 99.9 cm³/mol. The van der Waals surface area contributed by atoms with Crippen LogP contribution in [0.4, 0.5) is 13.2 Å². The summed E-state index contributed by atoms with van der Waals surface area (Å²) in [5.74, 6) is -0.800. The van der Waals surface area contributed by atoms with Crippen LogP contribution in [0.25, 0.3) is 17.4 Å². The van der Waals surface area contributed by atoms with E-state index in [0.717, 1.165) is 17.6 Å². The van der Waals surface area contributed by atoms with Crippen molar-refractivity contribution < 1.29 is 22.7 Å². The Hall–Kier alpha value is -3.63. The van der Waals surface area contributed by atoms with E-state index < -0.39 is 23.4 Å². The monoisotopic (exact) mass is 418 g/mol. The molecule has 0 N–H and O–H groups in total. The van der Waals surface area contributed by atoms with E-state index in [-0.39, 0.29) is 12.4 Å². The fraction of sp³-hybridized carbons (Fsp3) is 0.263. The largest absolute Gasteiger partial charge is 0.462 e. The zero-order valence-electron chi connectivity index (χ0n) is 16.3. The van der Waals surface area contributed by atoms with E-state index in [4.69, 9.17) is 4.74 Å². The Kier molecular flexibility index (Phi) is 4.60. The number of aryl methyl sites for hydroxylation is 2. The lowest BCUT2D eigenvalue weighted by Gasteiger charge is -2.12. The number of alkyl halides is 3. The Bertz CT molecular complexity index is 1230. The SMILES string of the molecule is CCOC(=O)c1cnn(-c2cccc3nc(-n4c(C)ccc4C)nn23)c1C(F)(F)F. The highest BCUT2D eigenvalue weighted by Crippen LogP contribution is 2.34. The van der Waals surface area contributed by atoms with Gasteiger partial charge in [0.25, 0.3) is 5.95 Å². The number of aromatic nitrogens is 6. The third-order valence-electron chi connectivity index (χ3n) is 4.55. The van der Waals surface area contributed by atoms with Crippen LogP contribution >= 0.6 is 0 Å². The number of esters is 1. The number of hydrogen-bond acceptors (Lipinski definition) is 5. The molecular formula is C19H17F3N6O2. The Labute approximate surface area is 168 Å². The molecule has 0 fully saturated rings. The van der Waals surface area contributed by atoms with Crippen molar-refractivity contribution in [2.45, 2.75) is 26.9 Å². The van der Waals surface area contributed by atoms with Crippen LogP contribution in [0.5, 0.6) is 0 Å². The lowest BCUT2D eigenvalue weighted by atomic mass is 10.2. The molecule has 0 amide bonds. The van der Waals surface area contributed by atoms with Crippen LogP contribution in [-0.2, 0) is 10.9 Å². The van der Waals surface area contributed by atoms with E-state index in [0.29, 0.717) is 16.3 Å². The number of carbonyl (C=O) groups is 1. The molecule has 156 valence electrons. The van der Waals surface area contributed by atoms with Crippen molar-refractivity contribution in [1.29, 1.82) is 0 Å². The van der Waals surface area contributed by atoms with E-state index in [9.17, 15) is 18.0 Å². The summed E-state index contributed by atoms with van der Waals surface area (Å²) >= 11 is 0. The number of hydrogen-bond donors (Lipinski definition) is 0. The summed E-state index contributed by atoms with van der Waals surface area (Å²) in [6.07, 6.45) is -4.00. The molecule has 30 heavy (non-hydrogen) atoms. The van der Waals surface area contributed by atoms with Gasteiger partial charge in [0.05, 0.1) is 12.8 Å². The lowest BCUT2D eigenvalue weighted by Crippen LogP contribution is -2.20. The van der Waals surface area contributed by atoms with Gasteiger partial charge in [-0.1, -0.05) is 6.07 Å². The van der Waals surface area contributed by atoms with Gasteiger partial charge >= 0.3 is 12.1 Å². The molecule has 0 spiro atoms. The molecule has 0 saturated carbocycles. The fourth-order valence-electron chi connectivity index (χ4n) is 3.27. The Balaban J connectivity index is 1.94. The van der Waals surface area contributed by atoms with E-state index in [2.05, 4.69) is 15.2 Å². The number of halogens is 3. The van der Waals surface area contributed by atoms with Crippen LogP contribution in [0.2, 0.25) is 0 Å². The molecule has 0 aliphatic carbocycles. The van der Waals surface area contributed by atoms with Gasteiger partial charge in [-0.25, -0.2) is 9.48 Å². The van der Waals surface area contributed by atoms with Crippen molar-refractivity contribution in [1.82, 2.24) is 28.9 Å². The number of rotatable bonds is 4. The Morgan fingerprint density at radius 2 is 1.83 bits per heavy atom. The number of carbonyl (C=O) groups excluding carboxylic acids is 1. The normalized spacial score (nSPS) is 11.9. The molecule has 4 rings (SSSR count). The van der Waals surface area contributed by atoms with E-state index in [1.807, 2.05) is 26.0 Å². The van der Waals surface area contributed by atoms with Gasteiger partial charge in [-0.15, -0.1) is 5.10 Å². The fourth-order valence-corrected chi connectivity index (χ4v) is 3.27. The second-order valence-electron chi connectivity index (χ2n) is 6.55. The Morgan fingerprint density at radius 1 is 1.13 bits per heavy atom. The second-order valence-corrected chi connectivity index (χ2v) is 6.55. The maximum atomic E-state index is 13.8. The van der Waals surface area contributed by atoms with E-state index in [1.165, 1.54) is 17.5 Å². The van der Waals surface area contributed by atoms with Gasteiger partial charge in [0.1, 0.15) is 5.56 Å². The summed E-state index contributed by atoms with van der Waals surface area (Å²) in [6.45, 7) is 5.21. The molecule has 8 nitrogen and oxygen atoms in total. The van der Waals surface area contributed by atoms with Gasteiger partial charge in [0.2, 0.25) is 0 Å². The van der Waals surface area contributed by atoms with E-state index >= 15 is 0 Å². The first-order chi connectivity index (χ1) is 14.2. The molecule has 0 radical (unpaired) electrons. The first kappa shape index (κ1) is 19.7. The van der Waals surface area contributed by atoms with Crippen molar-refractivity contribution in [3.63, 3.8) is 0 Å². The van der Waals surface area contributed by atoms with Gasteiger partial charge in [-0.05, 0) is 45.0 Å². The molecule has 0 bridgehead atoms. The van der Waals surface area contributed by atoms with Crippen molar-refractivity contribution in [2.24, 2.45) is 0 Å². The highest BCUT2D eigenvalue weighted by molar-refractivity contribution is 5.90. The molecule has 11 heteroatoms. The molecule has 0 aliphatic rings. The summed E-state index contributed by atoms with van der Waals surface area (Å²) in [5, 5.41) is 8.20. The molecular weight excluding hydrogens is 401 g/mol. The summed E-state index contributed by atoms with van der Waals surface area (Å²) in [4.78, 5) is 16.5. The molecule has 0 saturated heterocycles. The molecule has 0 atom stereocenters. The minimum Gasteiger partial charge on any atom is -0.462 e. The third-order valence-corrected chi connectivity index (χ3v) is 4.55. The lowest BCUT2D eigenvalue weighted by molar-refractivity contribution is -0.143. The zero-order valence-corrected chi connectivity index (χ0v) is 16.3. The molecule has 4 aromatic heterocycles. The summed E-state index contributed by atoms with van der Waals surface area (Å²) in [6, 6.07) is 8.37.